The average molecular weight is 488 g/mol. The molecule has 4 rings (SSSR count). The summed E-state index contributed by atoms with van der Waals surface area (Å²) in [6, 6.07) is 12.2. The largest absolute Gasteiger partial charge is 0.481 e. The average Bonchev–Trinajstić information content (AvgIpc) is 3.53. The fourth-order valence-electron chi connectivity index (χ4n) is 3.66. The number of nitrogens with one attached hydrogen (secondary N) is 2. The fraction of sp³-hybridized carbons (Fsp3) is 0.348. The smallest absolute Gasteiger partial charge is 0.309 e. The molecule has 0 aliphatic heterocycles. The summed E-state index contributed by atoms with van der Waals surface area (Å²) < 4.78 is 0. The van der Waals surface area contributed by atoms with E-state index >= 15 is 0 Å². The highest BCUT2D eigenvalue weighted by atomic mass is 32.2. The van der Waals surface area contributed by atoms with Crippen LogP contribution in [0.15, 0.2) is 46.7 Å². The molecule has 1 amide bonds. The Labute approximate surface area is 199 Å². The summed E-state index contributed by atoms with van der Waals surface area (Å²) >= 11 is 4.60. The standard InChI is InChI=1S/C23H25N3O3S3/c27-21(28)11-16-14-31-23(25-16)26-22(29)20-10-9-17(32-20)12-24-18-7-3-4-8-19(18)30-13-15-5-1-2-6-15/h3-4,7-10,14-15,24H,1-2,5-6,11-13H2,(H,27,28)(H,25,26,29). The third kappa shape index (κ3) is 6.34. The number of thiazole rings is 1. The van der Waals surface area contributed by atoms with Crippen LogP contribution in [0, 0.1) is 5.92 Å². The van der Waals surface area contributed by atoms with Gasteiger partial charge in [0.05, 0.1) is 17.0 Å². The van der Waals surface area contributed by atoms with Crippen LogP contribution in [0.1, 0.15) is 45.9 Å². The van der Waals surface area contributed by atoms with E-state index in [-0.39, 0.29) is 12.3 Å². The van der Waals surface area contributed by atoms with Crippen LogP contribution in [0.5, 0.6) is 0 Å². The van der Waals surface area contributed by atoms with Crippen molar-refractivity contribution in [1.82, 2.24) is 4.98 Å². The Morgan fingerprint density at radius 2 is 1.97 bits per heavy atom. The van der Waals surface area contributed by atoms with Crippen LogP contribution in [-0.2, 0) is 17.8 Å². The molecule has 3 N–H and O–H groups in total. The molecular formula is C23H25N3O3S3. The van der Waals surface area contributed by atoms with Gasteiger partial charge < -0.3 is 10.4 Å². The van der Waals surface area contributed by atoms with Crippen molar-refractivity contribution in [3.8, 4) is 0 Å². The van der Waals surface area contributed by atoms with Gasteiger partial charge in [0.25, 0.3) is 5.91 Å². The van der Waals surface area contributed by atoms with Crippen molar-refractivity contribution in [3.63, 3.8) is 0 Å². The number of para-hydroxylation sites is 1. The van der Waals surface area contributed by atoms with Gasteiger partial charge >= 0.3 is 5.97 Å². The summed E-state index contributed by atoms with van der Waals surface area (Å²) in [4.78, 5) is 30.4. The number of anilines is 2. The van der Waals surface area contributed by atoms with Crippen molar-refractivity contribution < 1.29 is 14.7 Å². The van der Waals surface area contributed by atoms with Crippen LogP contribution in [-0.4, -0.2) is 27.7 Å². The molecule has 0 saturated heterocycles. The number of hydrogen-bond acceptors (Lipinski definition) is 7. The molecule has 32 heavy (non-hydrogen) atoms. The first-order valence-corrected chi connectivity index (χ1v) is 13.3. The van der Waals surface area contributed by atoms with Gasteiger partial charge in [-0.3, -0.25) is 14.9 Å². The summed E-state index contributed by atoms with van der Waals surface area (Å²) in [5.41, 5.74) is 1.57. The highest BCUT2D eigenvalue weighted by molar-refractivity contribution is 7.99. The van der Waals surface area contributed by atoms with Gasteiger partial charge in [-0.2, -0.15) is 0 Å². The monoisotopic (exact) mass is 487 g/mol. The molecule has 1 saturated carbocycles. The summed E-state index contributed by atoms with van der Waals surface area (Å²) in [6.45, 7) is 0.652. The second-order valence-corrected chi connectivity index (χ2v) is 10.8. The zero-order valence-corrected chi connectivity index (χ0v) is 20.0. The second-order valence-electron chi connectivity index (χ2n) is 7.75. The van der Waals surface area contributed by atoms with Crippen molar-refractivity contribution in [1.29, 1.82) is 0 Å². The van der Waals surface area contributed by atoms with Crippen LogP contribution < -0.4 is 10.6 Å². The quantitative estimate of drug-likeness (QED) is 0.305. The van der Waals surface area contributed by atoms with Crippen LogP contribution in [0.2, 0.25) is 0 Å². The van der Waals surface area contributed by atoms with Gasteiger partial charge in [-0.05, 0) is 43.0 Å². The number of benzene rings is 1. The Morgan fingerprint density at radius 1 is 1.16 bits per heavy atom. The van der Waals surface area contributed by atoms with Crippen LogP contribution in [0.25, 0.3) is 0 Å². The van der Waals surface area contributed by atoms with Crippen LogP contribution >= 0.6 is 34.4 Å². The number of carboxylic acid groups (broad SMARTS) is 1. The normalized spacial score (nSPS) is 13.9. The number of amides is 1. The Kier molecular flexibility index (Phi) is 7.83. The first-order chi connectivity index (χ1) is 15.6. The number of hydrogen-bond donors (Lipinski definition) is 3. The maximum Gasteiger partial charge on any atom is 0.309 e. The lowest BCUT2D eigenvalue weighted by Gasteiger charge is -2.13. The number of carbonyl (C=O) groups excluding carboxylic acids is 1. The van der Waals surface area contributed by atoms with Gasteiger partial charge in [-0.15, -0.1) is 34.4 Å². The molecule has 9 heteroatoms. The molecular weight excluding hydrogens is 462 g/mol. The van der Waals surface area contributed by atoms with Gasteiger partial charge in [0.1, 0.15) is 0 Å². The van der Waals surface area contributed by atoms with Gasteiger partial charge in [-0.1, -0.05) is 25.0 Å². The summed E-state index contributed by atoms with van der Waals surface area (Å²) in [7, 11) is 0. The van der Waals surface area contributed by atoms with E-state index in [1.807, 2.05) is 30.0 Å². The Morgan fingerprint density at radius 3 is 2.78 bits per heavy atom. The highest BCUT2D eigenvalue weighted by Crippen LogP contribution is 2.34. The van der Waals surface area contributed by atoms with Crippen molar-refractivity contribution in [3.05, 3.63) is 57.2 Å². The van der Waals surface area contributed by atoms with Crippen molar-refractivity contribution in [2.24, 2.45) is 5.92 Å². The molecule has 0 bridgehead atoms. The van der Waals surface area contributed by atoms with Crippen LogP contribution in [0.4, 0.5) is 10.8 Å². The first kappa shape index (κ1) is 22.8. The number of carbonyl (C=O) groups is 2. The zero-order valence-electron chi connectivity index (χ0n) is 17.5. The van der Waals surface area contributed by atoms with Gasteiger partial charge in [0.15, 0.2) is 5.13 Å². The van der Waals surface area contributed by atoms with Gasteiger partial charge in [0, 0.05) is 33.1 Å². The van der Waals surface area contributed by atoms with Gasteiger partial charge in [0.2, 0.25) is 0 Å². The molecule has 1 aliphatic carbocycles. The predicted molar refractivity (Wildman–Crippen MR) is 132 cm³/mol. The van der Waals surface area contributed by atoms with E-state index in [1.165, 1.54) is 59.0 Å². The van der Waals surface area contributed by atoms with E-state index in [0.717, 1.165) is 16.5 Å². The van der Waals surface area contributed by atoms with E-state index < -0.39 is 5.97 Å². The number of rotatable bonds is 10. The summed E-state index contributed by atoms with van der Waals surface area (Å²) in [5.74, 6) is 0.837. The third-order valence-corrected chi connectivity index (χ3v) is 8.48. The lowest BCUT2D eigenvalue weighted by molar-refractivity contribution is -0.136. The van der Waals surface area contributed by atoms with E-state index in [9.17, 15) is 9.59 Å². The summed E-state index contributed by atoms with van der Waals surface area (Å²) in [6.07, 6.45) is 5.29. The SMILES string of the molecule is O=C(O)Cc1csc(NC(=O)c2ccc(CNc3ccccc3SCC3CCCC3)s2)n1. The van der Waals surface area contributed by atoms with Crippen molar-refractivity contribution >= 4 is 57.1 Å². The summed E-state index contributed by atoms with van der Waals surface area (Å²) in [5, 5.41) is 17.2. The fourth-order valence-corrected chi connectivity index (χ4v) is 6.43. The van der Waals surface area contributed by atoms with E-state index in [4.69, 9.17) is 5.11 Å². The first-order valence-electron chi connectivity index (χ1n) is 10.6. The number of thioether (sulfide) groups is 1. The molecule has 2 heterocycles. The van der Waals surface area contributed by atoms with Crippen molar-refractivity contribution in [2.75, 3.05) is 16.4 Å². The minimum absolute atomic E-state index is 0.151. The third-order valence-electron chi connectivity index (χ3n) is 5.28. The Hall–Kier alpha value is -2.36. The van der Waals surface area contributed by atoms with Gasteiger partial charge in [-0.25, -0.2) is 4.98 Å². The van der Waals surface area contributed by atoms with E-state index in [0.29, 0.717) is 22.2 Å². The molecule has 0 spiro atoms. The predicted octanol–water partition coefficient (Wildman–Crippen LogP) is 5.98. The zero-order chi connectivity index (χ0) is 22.3. The number of thiophene rings is 1. The van der Waals surface area contributed by atoms with Crippen LogP contribution in [0.3, 0.4) is 0 Å². The Balaban J connectivity index is 1.31. The number of carboxylic acids is 1. The minimum Gasteiger partial charge on any atom is -0.481 e. The molecule has 3 aromatic rings. The molecule has 1 aliphatic rings. The molecule has 2 aromatic heterocycles. The minimum atomic E-state index is -0.943. The molecule has 1 fully saturated rings. The maximum atomic E-state index is 12.5. The van der Waals surface area contributed by atoms with Crippen molar-refractivity contribution in [2.45, 2.75) is 43.5 Å². The topological polar surface area (TPSA) is 91.3 Å². The molecule has 168 valence electrons. The Bertz CT molecular complexity index is 1070. The number of aliphatic carboxylic acids is 1. The van der Waals surface area contributed by atoms with E-state index in [2.05, 4.69) is 33.8 Å². The molecule has 1 aromatic carbocycles. The lowest BCUT2D eigenvalue weighted by Crippen LogP contribution is -2.10. The second kappa shape index (κ2) is 11.0. The van der Waals surface area contributed by atoms with E-state index in [1.54, 1.807) is 5.38 Å². The molecule has 0 unspecified atom stereocenters. The molecule has 0 atom stereocenters. The number of aromatic nitrogens is 1. The molecule has 6 nitrogen and oxygen atoms in total. The molecule has 0 radical (unpaired) electrons. The number of nitrogens with zero attached hydrogens (tertiary/aromatic N) is 1. The maximum absolute atomic E-state index is 12.5. The lowest BCUT2D eigenvalue weighted by atomic mass is 10.1. The highest BCUT2D eigenvalue weighted by Gasteiger charge is 2.16.